The maximum atomic E-state index is 12.1. The quantitative estimate of drug-likeness (QED) is 0.599. The Bertz CT molecular complexity index is 906. The Labute approximate surface area is 170 Å². The van der Waals surface area contributed by atoms with Gasteiger partial charge in [-0.15, -0.1) is 0 Å². The van der Waals surface area contributed by atoms with E-state index in [9.17, 15) is 9.59 Å². The van der Waals surface area contributed by atoms with E-state index < -0.39 is 0 Å². The average molecular weight is 392 g/mol. The smallest absolute Gasteiger partial charge is 0.223 e. The molecule has 29 heavy (non-hydrogen) atoms. The molecule has 150 valence electrons. The number of ether oxygens (including phenoxy) is 1. The van der Waals surface area contributed by atoms with Crippen molar-refractivity contribution in [1.82, 2.24) is 5.32 Å². The van der Waals surface area contributed by atoms with Gasteiger partial charge in [0, 0.05) is 25.6 Å². The van der Waals surface area contributed by atoms with Crippen molar-refractivity contribution >= 4 is 17.5 Å². The van der Waals surface area contributed by atoms with E-state index >= 15 is 0 Å². The molecular formula is C23H24N2O4. The van der Waals surface area contributed by atoms with Crippen molar-refractivity contribution in [3.63, 3.8) is 0 Å². The van der Waals surface area contributed by atoms with Gasteiger partial charge < -0.3 is 19.4 Å². The molecule has 0 aliphatic carbocycles. The Balaban J connectivity index is 1.51. The molecule has 0 atom stereocenters. The highest BCUT2D eigenvalue weighted by Gasteiger charge is 2.14. The molecule has 0 radical (unpaired) electrons. The predicted molar refractivity (Wildman–Crippen MR) is 110 cm³/mol. The van der Waals surface area contributed by atoms with Crippen LogP contribution in [0.4, 0.5) is 5.69 Å². The lowest BCUT2D eigenvalue weighted by atomic mass is 10.2. The monoisotopic (exact) mass is 392 g/mol. The van der Waals surface area contributed by atoms with Gasteiger partial charge in [-0.1, -0.05) is 30.3 Å². The molecule has 0 spiro atoms. The summed E-state index contributed by atoms with van der Waals surface area (Å²) in [6.07, 6.45) is 1.76. The molecule has 0 bridgehead atoms. The molecule has 1 aromatic heterocycles. The van der Waals surface area contributed by atoms with Crippen molar-refractivity contribution in [2.75, 3.05) is 11.4 Å². The van der Waals surface area contributed by atoms with Gasteiger partial charge in [-0.3, -0.25) is 9.59 Å². The molecular weight excluding hydrogens is 368 g/mol. The third-order valence-corrected chi connectivity index (χ3v) is 4.38. The predicted octanol–water partition coefficient (Wildman–Crippen LogP) is 3.92. The summed E-state index contributed by atoms with van der Waals surface area (Å²) in [4.78, 5) is 25.7. The third kappa shape index (κ3) is 6.24. The van der Waals surface area contributed by atoms with E-state index in [1.807, 2.05) is 54.6 Å². The molecule has 2 amide bonds. The number of hydrogen-bond donors (Lipinski definition) is 1. The minimum absolute atomic E-state index is 0.123. The van der Waals surface area contributed by atoms with E-state index in [-0.39, 0.29) is 18.2 Å². The Kier molecular flexibility index (Phi) is 7.05. The molecule has 6 nitrogen and oxygen atoms in total. The van der Waals surface area contributed by atoms with Crippen LogP contribution in [0.5, 0.6) is 5.75 Å². The molecule has 1 heterocycles. The number of furan rings is 1. The van der Waals surface area contributed by atoms with Crippen molar-refractivity contribution < 1.29 is 18.7 Å². The van der Waals surface area contributed by atoms with Crippen LogP contribution in [-0.4, -0.2) is 18.4 Å². The first kappa shape index (κ1) is 20.2. The van der Waals surface area contributed by atoms with Crippen LogP contribution >= 0.6 is 0 Å². The second-order valence-corrected chi connectivity index (χ2v) is 6.54. The van der Waals surface area contributed by atoms with Crippen molar-refractivity contribution in [2.45, 2.75) is 26.5 Å². The van der Waals surface area contributed by atoms with Gasteiger partial charge in [0.05, 0.1) is 12.8 Å². The first-order valence-corrected chi connectivity index (χ1v) is 9.46. The minimum atomic E-state index is -0.143. The lowest BCUT2D eigenvalue weighted by molar-refractivity contribution is -0.121. The number of carbonyl (C=O) groups is 2. The fourth-order valence-electron chi connectivity index (χ4n) is 2.83. The van der Waals surface area contributed by atoms with Crippen LogP contribution in [0.2, 0.25) is 0 Å². The van der Waals surface area contributed by atoms with Crippen LogP contribution in [0.25, 0.3) is 0 Å². The average Bonchev–Trinajstić information content (AvgIpc) is 3.26. The number of carbonyl (C=O) groups excluding carboxylic acids is 2. The summed E-state index contributed by atoms with van der Waals surface area (Å²) >= 11 is 0. The minimum Gasteiger partial charge on any atom is -0.489 e. The summed E-state index contributed by atoms with van der Waals surface area (Å²) in [5, 5.41) is 2.78. The van der Waals surface area contributed by atoms with Gasteiger partial charge in [-0.25, -0.2) is 0 Å². The summed E-state index contributed by atoms with van der Waals surface area (Å²) in [7, 11) is 0. The number of nitrogens with one attached hydrogen (secondary N) is 1. The fourth-order valence-corrected chi connectivity index (χ4v) is 2.83. The first-order chi connectivity index (χ1) is 14.1. The molecule has 0 unspecified atom stereocenters. The standard InChI is InChI=1S/C23H24N2O4/c1-18(26)25(14-13-23(27)24-16-22-8-5-15-28-22)20-9-11-21(12-10-20)29-17-19-6-3-2-4-7-19/h2-12,15H,13-14,16-17H2,1H3,(H,24,27). The molecule has 0 aliphatic rings. The molecule has 3 rings (SSSR count). The van der Waals surface area contributed by atoms with Crippen molar-refractivity contribution in [2.24, 2.45) is 0 Å². The maximum absolute atomic E-state index is 12.1. The van der Waals surface area contributed by atoms with Gasteiger partial charge in [-0.05, 0) is 42.0 Å². The van der Waals surface area contributed by atoms with Crippen molar-refractivity contribution in [3.8, 4) is 5.75 Å². The fraction of sp³-hybridized carbons (Fsp3) is 0.217. The van der Waals surface area contributed by atoms with E-state index in [2.05, 4.69) is 5.32 Å². The van der Waals surface area contributed by atoms with Crippen LogP contribution in [-0.2, 0) is 22.7 Å². The number of benzene rings is 2. The number of hydrogen-bond acceptors (Lipinski definition) is 4. The zero-order chi connectivity index (χ0) is 20.5. The van der Waals surface area contributed by atoms with Crippen LogP contribution in [0.15, 0.2) is 77.4 Å². The van der Waals surface area contributed by atoms with Crippen LogP contribution in [0, 0.1) is 0 Å². The summed E-state index contributed by atoms with van der Waals surface area (Å²) in [5.41, 5.74) is 1.81. The molecule has 0 saturated carbocycles. The van der Waals surface area contributed by atoms with E-state index in [1.54, 1.807) is 23.3 Å². The number of amides is 2. The second kappa shape index (κ2) is 10.1. The van der Waals surface area contributed by atoms with Crippen LogP contribution in [0.1, 0.15) is 24.7 Å². The lowest BCUT2D eigenvalue weighted by Gasteiger charge is -2.21. The van der Waals surface area contributed by atoms with Gasteiger partial charge in [0.1, 0.15) is 18.1 Å². The highest BCUT2D eigenvalue weighted by molar-refractivity contribution is 5.92. The third-order valence-electron chi connectivity index (χ3n) is 4.38. The molecule has 0 fully saturated rings. The number of rotatable bonds is 9. The number of nitrogens with zero attached hydrogens (tertiary/aromatic N) is 1. The number of anilines is 1. The summed E-state index contributed by atoms with van der Waals surface area (Å²) in [6, 6.07) is 20.8. The highest BCUT2D eigenvalue weighted by atomic mass is 16.5. The van der Waals surface area contributed by atoms with Gasteiger partial charge in [0.2, 0.25) is 11.8 Å². The summed E-state index contributed by atoms with van der Waals surface area (Å²) in [5.74, 6) is 1.14. The first-order valence-electron chi connectivity index (χ1n) is 9.46. The second-order valence-electron chi connectivity index (χ2n) is 6.54. The zero-order valence-corrected chi connectivity index (χ0v) is 16.3. The van der Waals surface area contributed by atoms with Crippen LogP contribution < -0.4 is 15.0 Å². The Morgan fingerprint density at radius 3 is 2.41 bits per heavy atom. The van der Waals surface area contributed by atoms with E-state index in [0.29, 0.717) is 25.5 Å². The van der Waals surface area contributed by atoms with Gasteiger partial charge >= 0.3 is 0 Å². The summed E-state index contributed by atoms with van der Waals surface area (Å²) < 4.78 is 11.0. The molecule has 2 aromatic carbocycles. The SMILES string of the molecule is CC(=O)N(CCC(=O)NCc1ccco1)c1ccc(OCc2ccccc2)cc1. The Hall–Kier alpha value is -3.54. The zero-order valence-electron chi connectivity index (χ0n) is 16.3. The molecule has 0 saturated heterocycles. The summed E-state index contributed by atoms with van der Waals surface area (Å²) in [6.45, 7) is 2.59. The Morgan fingerprint density at radius 1 is 1.00 bits per heavy atom. The van der Waals surface area contributed by atoms with Crippen molar-refractivity contribution in [1.29, 1.82) is 0 Å². The van der Waals surface area contributed by atoms with E-state index in [1.165, 1.54) is 6.92 Å². The lowest BCUT2D eigenvalue weighted by Crippen LogP contribution is -2.33. The Morgan fingerprint density at radius 2 is 1.76 bits per heavy atom. The largest absolute Gasteiger partial charge is 0.489 e. The van der Waals surface area contributed by atoms with E-state index in [0.717, 1.165) is 17.0 Å². The van der Waals surface area contributed by atoms with E-state index in [4.69, 9.17) is 9.15 Å². The van der Waals surface area contributed by atoms with Crippen LogP contribution in [0.3, 0.4) is 0 Å². The normalized spacial score (nSPS) is 10.4. The molecule has 3 aromatic rings. The van der Waals surface area contributed by atoms with Gasteiger partial charge in [0.15, 0.2) is 0 Å². The highest BCUT2D eigenvalue weighted by Crippen LogP contribution is 2.21. The molecule has 6 heteroatoms. The van der Waals surface area contributed by atoms with Crippen molar-refractivity contribution in [3.05, 3.63) is 84.3 Å². The molecule has 1 N–H and O–H groups in total. The molecule has 0 aliphatic heterocycles. The maximum Gasteiger partial charge on any atom is 0.223 e. The topological polar surface area (TPSA) is 71.8 Å². The van der Waals surface area contributed by atoms with Gasteiger partial charge in [-0.2, -0.15) is 0 Å². The van der Waals surface area contributed by atoms with Gasteiger partial charge in [0.25, 0.3) is 0 Å².